The fourth-order valence-corrected chi connectivity index (χ4v) is 3.11. The maximum atomic E-state index is 12.1. The Balaban J connectivity index is 2.12. The van der Waals surface area contributed by atoms with Crippen molar-refractivity contribution in [3.63, 3.8) is 0 Å². The van der Waals surface area contributed by atoms with Crippen molar-refractivity contribution in [2.75, 3.05) is 0 Å². The number of aryl methyl sites for hydroxylation is 1. The van der Waals surface area contributed by atoms with Gasteiger partial charge in [-0.2, -0.15) is 10.3 Å². The number of hydrogen-bond acceptors (Lipinski definition) is 2. The number of carbonyl (C=O) groups excluding carboxylic acids is 1. The molecular formula is C19H15ClN4O. The highest BCUT2D eigenvalue weighted by Crippen LogP contribution is 2.34. The smallest absolute Gasteiger partial charge is 0.280 e. The molecule has 0 aliphatic heterocycles. The Hall–Kier alpha value is -3.10. The Morgan fingerprint density at radius 2 is 1.96 bits per heavy atom. The summed E-state index contributed by atoms with van der Waals surface area (Å²) in [4.78, 5) is 15.7. The molecule has 1 amide bonds. The summed E-state index contributed by atoms with van der Waals surface area (Å²) in [6.07, 6.45) is 3.79. The van der Waals surface area contributed by atoms with E-state index in [1.54, 1.807) is 24.3 Å². The number of hydrogen-bond donors (Lipinski definition) is 2. The number of fused-ring (bicyclic) bond motifs is 1. The van der Waals surface area contributed by atoms with Gasteiger partial charge in [-0.1, -0.05) is 29.8 Å². The molecule has 1 aliphatic carbocycles. The van der Waals surface area contributed by atoms with Crippen LogP contribution in [-0.2, 0) is 6.42 Å². The number of carbonyl (C=O) groups is 1. The first-order chi connectivity index (χ1) is 12.0. The zero-order valence-electron chi connectivity index (χ0n) is 13.3. The minimum Gasteiger partial charge on any atom is -0.370 e. The maximum Gasteiger partial charge on any atom is 0.280 e. The van der Waals surface area contributed by atoms with Crippen LogP contribution < -0.4 is 11.5 Å². The fourth-order valence-electron chi connectivity index (χ4n) is 2.94. The van der Waals surface area contributed by atoms with Crippen LogP contribution in [0.2, 0.25) is 5.02 Å². The van der Waals surface area contributed by atoms with Gasteiger partial charge >= 0.3 is 0 Å². The number of aliphatic imine (C=N–C) groups is 1. The molecule has 0 atom stereocenters. The monoisotopic (exact) mass is 350 g/mol. The second-order valence-electron chi connectivity index (χ2n) is 5.67. The topological polar surface area (TPSA) is 105 Å². The van der Waals surface area contributed by atoms with Crippen molar-refractivity contribution in [1.29, 1.82) is 5.26 Å². The van der Waals surface area contributed by atoms with Crippen LogP contribution >= 0.6 is 11.6 Å². The first-order valence-corrected chi connectivity index (χ1v) is 8.05. The molecule has 1 aliphatic rings. The quantitative estimate of drug-likeness (QED) is 0.641. The molecule has 0 saturated carbocycles. The molecule has 0 spiro atoms. The van der Waals surface area contributed by atoms with Gasteiger partial charge in [0.15, 0.2) is 5.96 Å². The van der Waals surface area contributed by atoms with E-state index in [1.165, 1.54) is 0 Å². The lowest BCUT2D eigenvalue weighted by atomic mass is 9.84. The molecule has 0 fully saturated rings. The van der Waals surface area contributed by atoms with E-state index in [0.29, 0.717) is 16.1 Å². The summed E-state index contributed by atoms with van der Waals surface area (Å²) in [6.45, 7) is 0. The van der Waals surface area contributed by atoms with Crippen molar-refractivity contribution in [2.45, 2.75) is 12.8 Å². The van der Waals surface area contributed by atoms with Crippen molar-refractivity contribution in [2.24, 2.45) is 16.5 Å². The van der Waals surface area contributed by atoms with E-state index in [1.807, 2.05) is 12.1 Å². The minimum absolute atomic E-state index is 0.275. The number of guanidine groups is 1. The molecule has 3 rings (SSSR count). The molecule has 4 N–H and O–H groups in total. The molecule has 2 aromatic carbocycles. The number of nitriles is 1. The summed E-state index contributed by atoms with van der Waals surface area (Å²) in [5.41, 5.74) is 15.2. The van der Waals surface area contributed by atoms with E-state index in [9.17, 15) is 10.1 Å². The van der Waals surface area contributed by atoms with Crippen LogP contribution in [0.5, 0.6) is 0 Å². The first-order valence-electron chi connectivity index (χ1n) is 7.67. The Morgan fingerprint density at radius 3 is 2.68 bits per heavy atom. The molecule has 5 nitrogen and oxygen atoms in total. The summed E-state index contributed by atoms with van der Waals surface area (Å²) in [7, 11) is 0. The summed E-state index contributed by atoms with van der Waals surface area (Å²) in [5.74, 6) is -0.771. The highest BCUT2D eigenvalue weighted by atomic mass is 35.5. The SMILES string of the molecule is N#Cc1cc(Cl)ccc1C1=CCCc2ccc(C(=O)N=C(N)N)cc21. The normalized spacial score (nSPS) is 12.6. The molecular weight excluding hydrogens is 336 g/mol. The molecule has 0 bridgehead atoms. The van der Waals surface area contributed by atoms with Crippen molar-refractivity contribution >= 4 is 29.0 Å². The third-order valence-corrected chi connectivity index (χ3v) is 4.27. The van der Waals surface area contributed by atoms with E-state index in [4.69, 9.17) is 23.1 Å². The Labute approximate surface area is 150 Å². The first kappa shape index (κ1) is 16.7. The van der Waals surface area contributed by atoms with Crippen molar-refractivity contribution in [3.8, 4) is 6.07 Å². The summed E-state index contributed by atoms with van der Waals surface area (Å²) >= 11 is 6.00. The third-order valence-electron chi connectivity index (χ3n) is 4.03. The molecule has 0 radical (unpaired) electrons. The van der Waals surface area contributed by atoms with Crippen LogP contribution in [0, 0.1) is 11.3 Å². The van der Waals surface area contributed by atoms with Gasteiger partial charge in [-0.3, -0.25) is 4.79 Å². The lowest BCUT2D eigenvalue weighted by molar-refractivity contribution is 0.100. The van der Waals surface area contributed by atoms with Crippen LogP contribution in [0.25, 0.3) is 5.57 Å². The van der Waals surface area contributed by atoms with Crippen LogP contribution in [0.4, 0.5) is 0 Å². The van der Waals surface area contributed by atoms with Crippen LogP contribution in [0.15, 0.2) is 47.5 Å². The van der Waals surface area contributed by atoms with Gasteiger partial charge in [0.05, 0.1) is 11.6 Å². The molecule has 2 aromatic rings. The molecule has 0 unspecified atom stereocenters. The van der Waals surface area contributed by atoms with Gasteiger partial charge in [0.25, 0.3) is 5.91 Å². The second kappa shape index (κ2) is 6.80. The molecule has 124 valence electrons. The van der Waals surface area contributed by atoms with E-state index in [-0.39, 0.29) is 5.96 Å². The minimum atomic E-state index is -0.496. The van der Waals surface area contributed by atoms with Gasteiger partial charge in [-0.15, -0.1) is 0 Å². The molecule has 6 heteroatoms. The predicted molar refractivity (Wildman–Crippen MR) is 98.1 cm³/mol. The van der Waals surface area contributed by atoms with Gasteiger partial charge in [-0.25, -0.2) is 0 Å². The molecule has 0 aromatic heterocycles. The standard InChI is InChI=1S/C19H15ClN4O/c20-14-6-7-15(13(8-14)10-21)16-3-1-2-11-4-5-12(9-17(11)16)18(25)24-19(22)23/h3-9H,1-2H2,(H4,22,23,24,25). The number of halogens is 1. The summed E-state index contributed by atoms with van der Waals surface area (Å²) < 4.78 is 0. The Kier molecular flexibility index (Phi) is 4.55. The van der Waals surface area contributed by atoms with Gasteiger partial charge in [0.1, 0.15) is 0 Å². The number of benzene rings is 2. The number of nitrogens with two attached hydrogens (primary N) is 2. The van der Waals surface area contributed by atoms with E-state index >= 15 is 0 Å². The number of nitrogens with zero attached hydrogens (tertiary/aromatic N) is 2. The summed E-state index contributed by atoms with van der Waals surface area (Å²) in [6, 6.07) is 12.8. The van der Waals surface area contributed by atoms with E-state index in [2.05, 4.69) is 17.1 Å². The zero-order chi connectivity index (χ0) is 18.0. The average molecular weight is 351 g/mol. The number of rotatable bonds is 2. The van der Waals surface area contributed by atoms with Crippen LogP contribution in [0.3, 0.4) is 0 Å². The number of allylic oxidation sites excluding steroid dienone is 1. The largest absolute Gasteiger partial charge is 0.370 e. The van der Waals surface area contributed by atoms with E-state index in [0.717, 1.165) is 35.1 Å². The maximum absolute atomic E-state index is 12.1. The Bertz CT molecular complexity index is 966. The van der Waals surface area contributed by atoms with Crippen LogP contribution in [0.1, 0.15) is 39.0 Å². The van der Waals surface area contributed by atoms with Gasteiger partial charge in [0, 0.05) is 10.6 Å². The molecule has 0 heterocycles. The zero-order valence-corrected chi connectivity index (χ0v) is 14.0. The predicted octanol–water partition coefficient (Wildman–Crippen LogP) is 3.00. The lowest BCUT2D eigenvalue weighted by Crippen LogP contribution is -2.24. The Morgan fingerprint density at radius 1 is 1.16 bits per heavy atom. The van der Waals surface area contributed by atoms with Crippen LogP contribution in [-0.4, -0.2) is 11.9 Å². The summed E-state index contributed by atoms with van der Waals surface area (Å²) in [5, 5.41) is 9.94. The second-order valence-corrected chi connectivity index (χ2v) is 6.11. The van der Waals surface area contributed by atoms with Gasteiger partial charge < -0.3 is 11.5 Å². The van der Waals surface area contributed by atoms with Gasteiger partial charge in [-0.05, 0) is 59.4 Å². The lowest BCUT2D eigenvalue weighted by Gasteiger charge is -2.19. The van der Waals surface area contributed by atoms with E-state index < -0.39 is 5.91 Å². The molecule has 0 saturated heterocycles. The molecule has 25 heavy (non-hydrogen) atoms. The fraction of sp³-hybridized carbons (Fsp3) is 0.105. The highest BCUT2D eigenvalue weighted by Gasteiger charge is 2.19. The number of amides is 1. The highest BCUT2D eigenvalue weighted by molar-refractivity contribution is 6.30. The van der Waals surface area contributed by atoms with Gasteiger partial charge in [0.2, 0.25) is 0 Å². The average Bonchev–Trinajstić information content (AvgIpc) is 2.60. The van der Waals surface area contributed by atoms with Crippen molar-refractivity contribution < 1.29 is 4.79 Å². The van der Waals surface area contributed by atoms with Crippen molar-refractivity contribution in [1.82, 2.24) is 0 Å². The van der Waals surface area contributed by atoms with Crippen molar-refractivity contribution in [3.05, 3.63) is 75.3 Å². The third kappa shape index (κ3) is 3.39.